The molecule has 1 atom stereocenters. The first-order chi connectivity index (χ1) is 7.83. The Morgan fingerprint density at radius 2 is 1.94 bits per heavy atom. The maximum atomic E-state index is 9.24. The van der Waals surface area contributed by atoms with Gasteiger partial charge in [-0.1, -0.05) is 25.1 Å². The minimum atomic E-state index is -0.338. The van der Waals surface area contributed by atoms with Crippen LogP contribution in [0, 0.1) is 0 Å². The zero-order chi connectivity index (χ0) is 11.6. The van der Waals surface area contributed by atoms with E-state index in [0.717, 1.165) is 18.6 Å². The van der Waals surface area contributed by atoms with Gasteiger partial charge in [0.1, 0.15) is 5.75 Å². The lowest BCUT2D eigenvalue weighted by molar-refractivity contribution is 0.0307. The molecule has 3 nitrogen and oxygen atoms in total. The molecule has 0 bridgehead atoms. The predicted molar refractivity (Wildman–Crippen MR) is 63.7 cm³/mol. The molecule has 0 saturated carbocycles. The van der Waals surface area contributed by atoms with Crippen molar-refractivity contribution < 1.29 is 14.6 Å². The van der Waals surface area contributed by atoms with Crippen LogP contribution in [0.15, 0.2) is 30.3 Å². The van der Waals surface area contributed by atoms with E-state index in [1.165, 1.54) is 0 Å². The summed E-state index contributed by atoms with van der Waals surface area (Å²) in [6.45, 7) is 3.63. The van der Waals surface area contributed by atoms with Gasteiger partial charge in [-0.05, 0) is 18.6 Å². The number of rotatable bonds is 8. The summed E-state index contributed by atoms with van der Waals surface area (Å²) in [7, 11) is 0. The molecule has 1 aromatic rings. The molecule has 0 amide bonds. The topological polar surface area (TPSA) is 38.7 Å². The Hall–Kier alpha value is -1.06. The highest BCUT2D eigenvalue weighted by molar-refractivity contribution is 5.20. The third-order valence-corrected chi connectivity index (χ3v) is 2.23. The third-order valence-electron chi connectivity index (χ3n) is 2.23. The quantitative estimate of drug-likeness (QED) is 0.688. The van der Waals surface area contributed by atoms with E-state index in [-0.39, 0.29) is 6.10 Å². The van der Waals surface area contributed by atoms with Crippen molar-refractivity contribution in [1.82, 2.24) is 0 Å². The van der Waals surface area contributed by atoms with Crippen LogP contribution in [0.1, 0.15) is 19.8 Å². The number of para-hydroxylation sites is 1. The lowest BCUT2D eigenvalue weighted by atomic mass is 10.3. The Morgan fingerprint density at radius 1 is 1.19 bits per heavy atom. The Kier molecular flexibility index (Phi) is 6.61. The summed E-state index contributed by atoms with van der Waals surface area (Å²) in [4.78, 5) is 0. The van der Waals surface area contributed by atoms with Crippen LogP contribution >= 0.6 is 0 Å². The zero-order valence-electron chi connectivity index (χ0n) is 9.76. The monoisotopic (exact) mass is 224 g/mol. The molecule has 1 rings (SSSR count). The first kappa shape index (κ1) is 13.0. The molecular formula is C13H20O3. The van der Waals surface area contributed by atoms with E-state index < -0.39 is 0 Å². The van der Waals surface area contributed by atoms with Crippen LogP contribution in [-0.4, -0.2) is 31.0 Å². The van der Waals surface area contributed by atoms with Crippen molar-refractivity contribution in [3.05, 3.63) is 30.3 Å². The van der Waals surface area contributed by atoms with Crippen molar-refractivity contribution in [2.45, 2.75) is 25.9 Å². The highest BCUT2D eigenvalue weighted by atomic mass is 16.5. The fourth-order valence-electron chi connectivity index (χ4n) is 1.20. The number of hydrogen-bond acceptors (Lipinski definition) is 3. The van der Waals surface area contributed by atoms with Gasteiger partial charge in [0.25, 0.3) is 0 Å². The van der Waals surface area contributed by atoms with Gasteiger partial charge >= 0.3 is 0 Å². The molecular weight excluding hydrogens is 204 g/mol. The summed E-state index contributed by atoms with van der Waals surface area (Å²) < 4.78 is 10.8. The second-order valence-corrected chi connectivity index (χ2v) is 3.65. The predicted octanol–water partition coefficient (Wildman–Crippen LogP) is 2.24. The SMILES string of the molecule is CC[C@@H](O)COCCCOc1ccccc1. The van der Waals surface area contributed by atoms with Crippen LogP contribution in [-0.2, 0) is 4.74 Å². The summed E-state index contributed by atoms with van der Waals surface area (Å²) in [6.07, 6.45) is 1.24. The average molecular weight is 224 g/mol. The van der Waals surface area contributed by atoms with Gasteiger partial charge in [0.05, 0.1) is 19.3 Å². The van der Waals surface area contributed by atoms with E-state index in [1.807, 2.05) is 37.3 Å². The van der Waals surface area contributed by atoms with Crippen LogP contribution in [0.4, 0.5) is 0 Å². The highest BCUT2D eigenvalue weighted by Crippen LogP contribution is 2.08. The summed E-state index contributed by atoms with van der Waals surface area (Å²) in [5.74, 6) is 0.885. The van der Waals surface area contributed by atoms with E-state index in [9.17, 15) is 5.11 Å². The van der Waals surface area contributed by atoms with Crippen molar-refractivity contribution in [3.8, 4) is 5.75 Å². The Morgan fingerprint density at radius 3 is 2.62 bits per heavy atom. The van der Waals surface area contributed by atoms with Crippen LogP contribution in [0.2, 0.25) is 0 Å². The van der Waals surface area contributed by atoms with Crippen LogP contribution in [0.25, 0.3) is 0 Å². The van der Waals surface area contributed by atoms with Crippen molar-refractivity contribution >= 4 is 0 Å². The standard InChI is InChI=1S/C13H20O3/c1-2-12(14)11-15-9-6-10-16-13-7-4-3-5-8-13/h3-5,7-8,12,14H,2,6,9-11H2,1H3/t12-/m1/s1. The Bertz CT molecular complexity index is 261. The second kappa shape index (κ2) is 8.13. The van der Waals surface area contributed by atoms with Gasteiger partial charge in [0, 0.05) is 13.0 Å². The first-order valence-electron chi connectivity index (χ1n) is 5.76. The molecule has 0 aliphatic heterocycles. The van der Waals surface area contributed by atoms with E-state index in [1.54, 1.807) is 0 Å². The Balaban J connectivity index is 1.96. The first-order valence-corrected chi connectivity index (χ1v) is 5.76. The molecule has 0 saturated heterocycles. The molecule has 0 unspecified atom stereocenters. The molecule has 90 valence electrons. The van der Waals surface area contributed by atoms with Crippen molar-refractivity contribution in [3.63, 3.8) is 0 Å². The summed E-state index contributed by atoms with van der Waals surface area (Å²) in [5, 5.41) is 9.24. The second-order valence-electron chi connectivity index (χ2n) is 3.65. The number of aliphatic hydroxyl groups is 1. The van der Waals surface area contributed by atoms with Gasteiger partial charge in [0.15, 0.2) is 0 Å². The third kappa shape index (κ3) is 5.73. The highest BCUT2D eigenvalue weighted by Gasteiger charge is 1.99. The molecule has 0 aliphatic rings. The number of benzene rings is 1. The van der Waals surface area contributed by atoms with Gasteiger partial charge in [-0.3, -0.25) is 0 Å². The number of aliphatic hydroxyl groups excluding tert-OH is 1. The number of ether oxygens (including phenoxy) is 2. The lowest BCUT2D eigenvalue weighted by Gasteiger charge is -2.09. The van der Waals surface area contributed by atoms with Gasteiger partial charge in [-0.15, -0.1) is 0 Å². The molecule has 0 radical (unpaired) electrons. The van der Waals surface area contributed by atoms with E-state index >= 15 is 0 Å². The average Bonchev–Trinajstić information content (AvgIpc) is 2.34. The van der Waals surface area contributed by atoms with Crippen LogP contribution < -0.4 is 4.74 Å². The molecule has 0 heterocycles. The van der Waals surface area contributed by atoms with Gasteiger partial charge in [-0.25, -0.2) is 0 Å². The zero-order valence-corrected chi connectivity index (χ0v) is 9.76. The molecule has 1 N–H and O–H groups in total. The van der Waals surface area contributed by atoms with Crippen LogP contribution in [0.3, 0.4) is 0 Å². The number of hydrogen-bond donors (Lipinski definition) is 1. The van der Waals surface area contributed by atoms with Crippen molar-refractivity contribution in [2.75, 3.05) is 19.8 Å². The fourth-order valence-corrected chi connectivity index (χ4v) is 1.20. The van der Waals surface area contributed by atoms with Crippen molar-refractivity contribution in [1.29, 1.82) is 0 Å². The lowest BCUT2D eigenvalue weighted by Crippen LogP contribution is -2.15. The minimum Gasteiger partial charge on any atom is -0.494 e. The van der Waals surface area contributed by atoms with E-state index in [4.69, 9.17) is 9.47 Å². The smallest absolute Gasteiger partial charge is 0.119 e. The van der Waals surface area contributed by atoms with Gasteiger partial charge in [0.2, 0.25) is 0 Å². The maximum absolute atomic E-state index is 9.24. The maximum Gasteiger partial charge on any atom is 0.119 e. The largest absolute Gasteiger partial charge is 0.494 e. The van der Waals surface area contributed by atoms with E-state index in [0.29, 0.717) is 19.8 Å². The van der Waals surface area contributed by atoms with Gasteiger partial charge < -0.3 is 14.6 Å². The molecule has 3 heteroatoms. The minimum absolute atomic E-state index is 0.338. The van der Waals surface area contributed by atoms with Gasteiger partial charge in [-0.2, -0.15) is 0 Å². The summed E-state index contributed by atoms with van der Waals surface area (Å²) in [5.41, 5.74) is 0. The Labute approximate surface area is 97.0 Å². The molecule has 0 spiro atoms. The van der Waals surface area contributed by atoms with Crippen molar-refractivity contribution in [2.24, 2.45) is 0 Å². The van der Waals surface area contributed by atoms with E-state index in [2.05, 4.69) is 0 Å². The fraction of sp³-hybridized carbons (Fsp3) is 0.538. The molecule has 1 aromatic carbocycles. The molecule has 0 aromatic heterocycles. The normalized spacial score (nSPS) is 12.4. The summed E-state index contributed by atoms with van der Waals surface area (Å²) >= 11 is 0. The molecule has 0 aliphatic carbocycles. The summed E-state index contributed by atoms with van der Waals surface area (Å²) in [6, 6.07) is 9.72. The molecule has 16 heavy (non-hydrogen) atoms. The van der Waals surface area contributed by atoms with Crippen LogP contribution in [0.5, 0.6) is 5.75 Å². The molecule has 0 fully saturated rings.